The van der Waals surface area contributed by atoms with Crippen LogP contribution in [-0.2, 0) is 0 Å². The average molecular weight is 261 g/mol. The molecule has 0 aliphatic carbocycles. The Hall–Kier alpha value is -1.32. The Balaban J connectivity index is 2.01. The molecule has 18 heavy (non-hydrogen) atoms. The molecule has 2 N–H and O–H groups in total. The molecular formula is C15H16FNS. The van der Waals surface area contributed by atoms with Crippen molar-refractivity contribution < 1.29 is 4.39 Å². The molecule has 2 aromatic carbocycles. The van der Waals surface area contributed by atoms with Crippen molar-refractivity contribution in [2.45, 2.75) is 17.9 Å². The van der Waals surface area contributed by atoms with E-state index in [1.165, 1.54) is 17.0 Å². The maximum atomic E-state index is 13.0. The molecule has 0 fully saturated rings. The third-order valence-corrected chi connectivity index (χ3v) is 3.94. The Morgan fingerprint density at radius 3 is 2.56 bits per heavy atom. The molecule has 1 unspecified atom stereocenters. The SMILES string of the molecule is Cc1cc(F)ccc1C(N)CSc1ccccc1. The molecule has 0 saturated carbocycles. The zero-order chi connectivity index (χ0) is 13.0. The third kappa shape index (κ3) is 3.34. The first kappa shape index (κ1) is 13.1. The highest BCUT2D eigenvalue weighted by Gasteiger charge is 2.10. The molecule has 0 radical (unpaired) electrons. The Morgan fingerprint density at radius 2 is 1.89 bits per heavy atom. The van der Waals surface area contributed by atoms with Crippen molar-refractivity contribution in [2.75, 3.05) is 5.75 Å². The van der Waals surface area contributed by atoms with Crippen LogP contribution in [-0.4, -0.2) is 5.75 Å². The molecule has 1 nitrogen and oxygen atoms in total. The van der Waals surface area contributed by atoms with Gasteiger partial charge in [-0.15, -0.1) is 11.8 Å². The number of aryl methyl sites for hydroxylation is 1. The van der Waals surface area contributed by atoms with Gasteiger partial charge in [-0.1, -0.05) is 24.3 Å². The summed E-state index contributed by atoms with van der Waals surface area (Å²) in [7, 11) is 0. The van der Waals surface area contributed by atoms with Gasteiger partial charge in [-0.05, 0) is 42.3 Å². The van der Waals surface area contributed by atoms with E-state index in [4.69, 9.17) is 5.73 Å². The number of hydrogen-bond acceptors (Lipinski definition) is 2. The highest BCUT2D eigenvalue weighted by molar-refractivity contribution is 7.99. The Bertz CT molecular complexity index is 513. The number of hydrogen-bond donors (Lipinski definition) is 1. The van der Waals surface area contributed by atoms with Crippen molar-refractivity contribution in [3.63, 3.8) is 0 Å². The second-order valence-electron chi connectivity index (χ2n) is 4.23. The Labute approximate surface area is 111 Å². The smallest absolute Gasteiger partial charge is 0.123 e. The second-order valence-corrected chi connectivity index (χ2v) is 5.32. The number of benzene rings is 2. The third-order valence-electron chi connectivity index (χ3n) is 2.80. The first-order chi connectivity index (χ1) is 8.66. The van der Waals surface area contributed by atoms with Crippen molar-refractivity contribution in [3.8, 4) is 0 Å². The summed E-state index contributed by atoms with van der Waals surface area (Å²) in [4.78, 5) is 1.20. The summed E-state index contributed by atoms with van der Waals surface area (Å²) in [5, 5.41) is 0. The lowest BCUT2D eigenvalue weighted by Crippen LogP contribution is -2.14. The predicted octanol–water partition coefficient (Wildman–Crippen LogP) is 3.93. The van der Waals surface area contributed by atoms with E-state index in [1.54, 1.807) is 17.8 Å². The summed E-state index contributed by atoms with van der Waals surface area (Å²) in [5.74, 6) is 0.579. The normalized spacial score (nSPS) is 12.4. The van der Waals surface area contributed by atoms with E-state index in [2.05, 4.69) is 12.1 Å². The van der Waals surface area contributed by atoms with Gasteiger partial charge >= 0.3 is 0 Å². The van der Waals surface area contributed by atoms with Gasteiger partial charge in [0.25, 0.3) is 0 Å². The molecular weight excluding hydrogens is 245 g/mol. The average Bonchev–Trinajstić information content (AvgIpc) is 2.37. The van der Waals surface area contributed by atoms with E-state index >= 15 is 0 Å². The van der Waals surface area contributed by atoms with Crippen LogP contribution in [0.4, 0.5) is 4.39 Å². The van der Waals surface area contributed by atoms with Crippen molar-refractivity contribution >= 4 is 11.8 Å². The summed E-state index contributed by atoms with van der Waals surface area (Å²) >= 11 is 1.72. The number of halogens is 1. The lowest BCUT2D eigenvalue weighted by atomic mass is 10.0. The van der Waals surface area contributed by atoms with Crippen molar-refractivity contribution in [1.29, 1.82) is 0 Å². The maximum Gasteiger partial charge on any atom is 0.123 e. The van der Waals surface area contributed by atoms with Crippen LogP contribution in [0.5, 0.6) is 0 Å². The van der Waals surface area contributed by atoms with Gasteiger partial charge in [-0.2, -0.15) is 0 Å². The summed E-state index contributed by atoms with van der Waals surface area (Å²) < 4.78 is 13.0. The van der Waals surface area contributed by atoms with Crippen LogP contribution in [0.2, 0.25) is 0 Å². The molecule has 3 heteroatoms. The van der Waals surface area contributed by atoms with Crippen molar-refractivity contribution in [2.24, 2.45) is 5.73 Å². The predicted molar refractivity (Wildman–Crippen MR) is 75.2 cm³/mol. The number of nitrogens with two attached hydrogens (primary N) is 1. The Morgan fingerprint density at radius 1 is 1.17 bits per heavy atom. The van der Waals surface area contributed by atoms with Crippen LogP contribution >= 0.6 is 11.8 Å². The molecule has 2 aromatic rings. The fourth-order valence-corrected chi connectivity index (χ4v) is 2.75. The van der Waals surface area contributed by atoms with Gasteiger partial charge in [0.15, 0.2) is 0 Å². The second kappa shape index (κ2) is 6.03. The van der Waals surface area contributed by atoms with Crippen LogP contribution in [0.15, 0.2) is 53.4 Å². The minimum absolute atomic E-state index is 0.0733. The van der Waals surface area contributed by atoms with E-state index in [1.807, 2.05) is 25.1 Å². The first-order valence-electron chi connectivity index (χ1n) is 5.86. The zero-order valence-electron chi connectivity index (χ0n) is 10.3. The molecule has 0 aromatic heterocycles. The molecule has 0 amide bonds. The van der Waals surface area contributed by atoms with Gasteiger partial charge in [0.05, 0.1) is 0 Å². The van der Waals surface area contributed by atoms with Crippen molar-refractivity contribution in [1.82, 2.24) is 0 Å². The van der Waals surface area contributed by atoms with Gasteiger partial charge in [0.2, 0.25) is 0 Å². The van der Waals surface area contributed by atoms with Crippen LogP contribution < -0.4 is 5.73 Å². The number of thioether (sulfide) groups is 1. The minimum atomic E-state index is -0.209. The molecule has 0 aliphatic heterocycles. The van der Waals surface area contributed by atoms with E-state index in [9.17, 15) is 4.39 Å². The molecule has 0 heterocycles. The first-order valence-corrected chi connectivity index (χ1v) is 6.85. The zero-order valence-corrected chi connectivity index (χ0v) is 11.1. The van der Waals surface area contributed by atoms with E-state index in [0.717, 1.165) is 16.9 Å². The van der Waals surface area contributed by atoms with E-state index in [-0.39, 0.29) is 11.9 Å². The van der Waals surface area contributed by atoms with Crippen LogP contribution in [0.1, 0.15) is 17.2 Å². The van der Waals surface area contributed by atoms with Crippen LogP contribution in [0.25, 0.3) is 0 Å². The van der Waals surface area contributed by atoms with E-state index < -0.39 is 0 Å². The van der Waals surface area contributed by atoms with Crippen LogP contribution in [0.3, 0.4) is 0 Å². The highest BCUT2D eigenvalue weighted by Crippen LogP contribution is 2.25. The molecule has 0 saturated heterocycles. The summed E-state index contributed by atoms with van der Waals surface area (Å²) in [5.41, 5.74) is 8.08. The standard InChI is InChI=1S/C15H16FNS/c1-11-9-12(16)7-8-14(11)15(17)10-18-13-5-3-2-4-6-13/h2-9,15H,10,17H2,1H3. The monoisotopic (exact) mass is 261 g/mol. The summed E-state index contributed by atoms with van der Waals surface area (Å²) in [6, 6.07) is 14.8. The quantitative estimate of drug-likeness (QED) is 0.844. The Kier molecular flexibility index (Phi) is 4.39. The summed E-state index contributed by atoms with van der Waals surface area (Å²) in [6.07, 6.45) is 0. The van der Waals surface area contributed by atoms with Gasteiger partial charge in [-0.3, -0.25) is 0 Å². The largest absolute Gasteiger partial charge is 0.323 e. The van der Waals surface area contributed by atoms with Crippen molar-refractivity contribution in [3.05, 3.63) is 65.5 Å². The lowest BCUT2D eigenvalue weighted by Gasteiger charge is -2.14. The minimum Gasteiger partial charge on any atom is -0.323 e. The molecule has 94 valence electrons. The maximum absolute atomic E-state index is 13.0. The molecule has 0 aliphatic rings. The molecule has 0 bridgehead atoms. The molecule has 1 atom stereocenters. The van der Waals surface area contributed by atoms with Crippen LogP contribution in [0, 0.1) is 12.7 Å². The topological polar surface area (TPSA) is 26.0 Å². The fourth-order valence-electron chi connectivity index (χ4n) is 1.85. The van der Waals surface area contributed by atoms with Gasteiger partial charge in [0, 0.05) is 16.7 Å². The lowest BCUT2D eigenvalue weighted by molar-refractivity contribution is 0.624. The van der Waals surface area contributed by atoms with Gasteiger partial charge in [0.1, 0.15) is 5.82 Å². The molecule has 0 spiro atoms. The fraction of sp³-hybridized carbons (Fsp3) is 0.200. The number of rotatable bonds is 4. The molecule has 2 rings (SSSR count). The summed E-state index contributed by atoms with van der Waals surface area (Å²) in [6.45, 7) is 1.89. The highest BCUT2D eigenvalue weighted by atomic mass is 32.2. The van der Waals surface area contributed by atoms with Gasteiger partial charge < -0.3 is 5.73 Å². The van der Waals surface area contributed by atoms with E-state index in [0.29, 0.717) is 0 Å². The van der Waals surface area contributed by atoms with Gasteiger partial charge in [-0.25, -0.2) is 4.39 Å².